The molecule has 1 aromatic heterocycles. The van der Waals surface area contributed by atoms with E-state index in [2.05, 4.69) is 15.6 Å². The summed E-state index contributed by atoms with van der Waals surface area (Å²) in [5.74, 6) is -0.726. The lowest BCUT2D eigenvalue weighted by Gasteiger charge is -2.15. The van der Waals surface area contributed by atoms with E-state index in [1.165, 1.54) is 6.07 Å². The Labute approximate surface area is 139 Å². The van der Waals surface area contributed by atoms with Gasteiger partial charge in [0.25, 0.3) is 11.5 Å². The summed E-state index contributed by atoms with van der Waals surface area (Å²) in [4.78, 5) is 39.2. The largest absolute Gasteiger partial charge is 0.354 e. The molecule has 3 N–H and O–H groups in total. The minimum atomic E-state index is -0.590. The summed E-state index contributed by atoms with van der Waals surface area (Å²) >= 11 is 0. The smallest absolute Gasteiger partial charge is 0.261 e. The highest BCUT2D eigenvalue weighted by molar-refractivity contribution is 5.97. The van der Waals surface area contributed by atoms with E-state index in [0.717, 1.165) is 18.4 Å². The van der Waals surface area contributed by atoms with E-state index in [1.54, 1.807) is 6.07 Å². The average molecular weight is 325 g/mol. The van der Waals surface area contributed by atoms with Crippen molar-refractivity contribution in [2.24, 2.45) is 0 Å². The summed E-state index contributed by atoms with van der Waals surface area (Å²) in [5, 5.41) is 5.41. The Hall–Kier alpha value is -2.89. The second-order valence-electron chi connectivity index (χ2n) is 5.79. The number of carbonyl (C=O) groups excluding carboxylic acids is 2. The van der Waals surface area contributed by atoms with Crippen LogP contribution in [0, 0.1) is 0 Å². The second kappa shape index (κ2) is 7.12. The first-order valence-corrected chi connectivity index (χ1v) is 8.02. The Morgan fingerprint density at radius 1 is 1.04 bits per heavy atom. The van der Waals surface area contributed by atoms with E-state index < -0.39 is 17.5 Å². The van der Waals surface area contributed by atoms with Crippen molar-refractivity contribution in [3.05, 3.63) is 58.4 Å². The second-order valence-corrected chi connectivity index (χ2v) is 5.79. The third-order valence-electron chi connectivity index (χ3n) is 4.08. The van der Waals surface area contributed by atoms with Gasteiger partial charge in [-0.2, -0.15) is 0 Å². The number of hydrogen-bond donors (Lipinski definition) is 3. The van der Waals surface area contributed by atoms with Gasteiger partial charge in [0.05, 0.1) is 0 Å². The number of aromatic nitrogens is 1. The van der Waals surface area contributed by atoms with Gasteiger partial charge in [-0.3, -0.25) is 14.4 Å². The number of hydrogen-bond acceptors (Lipinski definition) is 3. The van der Waals surface area contributed by atoms with Gasteiger partial charge < -0.3 is 15.6 Å². The van der Waals surface area contributed by atoms with Crippen molar-refractivity contribution in [1.82, 2.24) is 15.6 Å². The zero-order chi connectivity index (χ0) is 16.9. The predicted molar refractivity (Wildman–Crippen MR) is 90.6 cm³/mol. The standard InChI is InChI=1S/C18H19N3O3/c22-16-13(9-10-14(20-16)12-6-2-1-3-7-12)17(23)21-15-8-4-5-11-19-18(15)24/h1-3,6-7,9-10,15H,4-5,8,11H2,(H,19,24)(H,20,22)(H,21,23)/t15-/m0/s1. The molecular weight excluding hydrogens is 306 g/mol. The van der Waals surface area contributed by atoms with Crippen molar-refractivity contribution in [3.63, 3.8) is 0 Å². The van der Waals surface area contributed by atoms with Crippen LogP contribution in [0.15, 0.2) is 47.3 Å². The first kappa shape index (κ1) is 16.0. The lowest BCUT2D eigenvalue weighted by atomic mass is 10.1. The van der Waals surface area contributed by atoms with Gasteiger partial charge in [0.2, 0.25) is 5.91 Å². The molecule has 1 fully saturated rings. The molecule has 0 aliphatic carbocycles. The van der Waals surface area contributed by atoms with Crippen LogP contribution in [0.4, 0.5) is 0 Å². The fraction of sp³-hybridized carbons (Fsp3) is 0.278. The molecule has 1 aliphatic heterocycles. The van der Waals surface area contributed by atoms with E-state index in [1.807, 2.05) is 30.3 Å². The van der Waals surface area contributed by atoms with Crippen molar-refractivity contribution in [1.29, 1.82) is 0 Å². The highest BCUT2D eigenvalue weighted by atomic mass is 16.2. The molecule has 0 unspecified atom stereocenters. The maximum Gasteiger partial charge on any atom is 0.261 e. The Bertz CT molecular complexity index is 799. The summed E-state index contributed by atoms with van der Waals surface area (Å²) in [5.41, 5.74) is 1.05. The zero-order valence-electron chi connectivity index (χ0n) is 13.2. The topological polar surface area (TPSA) is 91.1 Å². The fourth-order valence-corrected chi connectivity index (χ4v) is 2.75. The van der Waals surface area contributed by atoms with Gasteiger partial charge in [-0.25, -0.2) is 0 Å². The van der Waals surface area contributed by atoms with Crippen LogP contribution in [0.3, 0.4) is 0 Å². The van der Waals surface area contributed by atoms with Gasteiger partial charge in [0, 0.05) is 12.2 Å². The molecule has 2 aromatic rings. The maximum absolute atomic E-state index is 12.3. The monoisotopic (exact) mass is 325 g/mol. The van der Waals surface area contributed by atoms with Gasteiger partial charge in [-0.15, -0.1) is 0 Å². The molecule has 24 heavy (non-hydrogen) atoms. The molecule has 1 saturated heterocycles. The SMILES string of the molecule is O=C(N[C@H]1CCCCNC1=O)c1ccc(-c2ccccc2)[nH]c1=O. The molecule has 124 valence electrons. The molecule has 6 heteroatoms. The Morgan fingerprint density at radius 3 is 2.58 bits per heavy atom. The fourth-order valence-electron chi connectivity index (χ4n) is 2.75. The Morgan fingerprint density at radius 2 is 1.83 bits per heavy atom. The predicted octanol–water partition coefficient (Wildman–Crippen LogP) is 1.44. The number of pyridine rings is 1. The van der Waals surface area contributed by atoms with Gasteiger partial charge in [-0.1, -0.05) is 30.3 Å². The summed E-state index contributed by atoms with van der Waals surface area (Å²) in [6.07, 6.45) is 2.33. The van der Waals surface area contributed by atoms with Crippen molar-refractivity contribution >= 4 is 11.8 Å². The molecule has 2 heterocycles. The minimum absolute atomic E-state index is 0.00623. The van der Waals surface area contributed by atoms with Crippen LogP contribution in [-0.2, 0) is 4.79 Å². The van der Waals surface area contributed by atoms with Gasteiger partial charge in [-0.05, 0) is 37.0 Å². The van der Waals surface area contributed by atoms with E-state index in [0.29, 0.717) is 18.7 Å². The van der Waals surface area contributed by atoms with Crippen LogP contribution < -0.4 is 16.2 Å². The van der Waals surface area contributed by atoms with Gasteiger partial charge in [0.1, 0.15) is 11.6 Å². The summed E-state index contributed by atoms with van der Waals surface area (Å²) < 4.78 is 0. The third kappa shape index (κ3) is 3.53. The Balaban J connectivity index is 1.78. The third-order valence-corrected chi connectivity index (χ3v) is 4.08. The number of nitrogens with one attached hydrogen (secondary N) is 3. The molecule has 0 radical (unpaired) electrons. The Kier molecular flexibility index (Phi) is 4.74. The summed E-state index contributed by atoms with van der Waals surface area (Å²) in [7, 11) is 0. The maximum atomic E-state index is 12.3. The van der Waals surface area contributed by atoms with E-state index in [4.69, 9.17) is 0 Å². The van der Waals surface area contributed by atoms with Crippen LogP contribution in [0.1, 0.15) is 29.6 Å². The quantitative estimate of drug-likeness (QED) is 0.797. The minimum Gasteiger partial charge on any atom is -0.354 e. The van der Waals surface area contributed by atoms with Crippen molar-refractivity contribution in [2.75, 3.05) is 6.54 Å². The van der Waals surface area contributed by atoms with Crippen LogP contribution in [-0.4, -0.2) is 29.4 Å². The molecule has 1 atom stereocenters. The number of aromatic amines is 1. The molecule has 1 aliphatic rings. The normalized spacial score (nSPS) is 17.7. The molecule has 0 saturated carbocycles. The summed E-state index contributed by atoms with van der Waals surface area (Å²) in [6.45, 7) is 0.623. The zero-order valence-corrected chi connectivity index (χ0v) is 13.2. The molecular formula is C18H19N3O3. The van der Waals surface area contributed by atoms with E-state index in [-0.39, 0.29) is 11.5 Å². The highest BCUT2D eigenvalue weighted by Gasteiger charge is 2.23. The number of benzene rings is 1. The van der Waals surface area contributed by atoms with Gasteiger partial charge >= 0.3 is 0 Å². The van der Waals surface area contributed by atoms with Crippen LogP contribution in [0.2, 0.25) is 0 Å². The average Bonchev–Trinajstić information content (AvgIpc) is 2.80. The lowest BCUT2D eigenvalue weighted by Crippen LogP contribution is -2.46. The first-order valence-electron chi connectivity index (χ1n) is 8.02. The van der Waals surface area contributed by atoms with E-state index >= 15 is 0 Å². The van der Waals surface area contributed by atoms with Gasteiger partial charge in [0.15, 0.2) is 0 Å². The molecule has 0 bridgehead atoms. The van der Waals surface area contributed by atoms with Crippen molar-refractivity contribution < 1.29 is 9.59 Å². The number of carbonyl (C=O) groups is 2. The number of H-pyrrole nitrogens is 1. The van der Waals surface area contributed by atoms with E-state index in [9.17, 15) is 14.4 Å². The first-order chi connectivity index (χ1) is 11.6. The molecule has 2 amide bonds. The molecule has 1 aromatic carbocycles. The molecule has 0 spiro atoms. The van der Waals surface area contributed by atoms with Crippen LogP contribution in [0.5, 0.6) is 0 Å². The molecule has 3 rings (SSSR count). The number of amides is 2. The summed E-state index contributed by atoms with van der Waals surface area (Å²) in [6, 6.07) is 12.0. The lowest BCUT2D eigenvalue weighted by molar-refractivity contribution is -0.122. The van der Waals surface area contributed by atoms with Crippen molar-refractivity contribution in [2.45, 2.75) is 25.3 Å². The van der Waals surface area contributed by atoms with Crippen molar-refractivity contribution in [3.8, 4) is 11.3 Å². The number of rotatable bonds is 3. The van der Waals surface area contributed by atoms with Crippen LogP contribution >= 0.6 is 0 Å². The molecule has 6 nitrogen and oxygen atoms in total. The van der Waals surface area contributed by atoms with Crippen LogP contribution in [0.25, 0.3) is 11.3 Å². The highest BCUT2D eigenvalue weighted by Crippen LogP contribution is 2.14.